The first-order valence-electron chi connectivity index (χ1n) is 5.52. The average molecular weight is 265 g/mol. The van der Waals surface area contributed by atoms with Crippen LogP contribution in [0.15, 0.2) is 24.3 Å². The number of alkyl halides is 3. The van der Waals surface area contributed by atoms with E-state index in [1.54, 1.807) is 12.1 Å². The minimum atomic E-state index is -4.29. The molecule has 1 N–H and O–H groups in total. The minimum Gasteiger partial charge on any atom is -0.371 e. The zero-order valence-corrected chi connectivity index (χ0v) is 9.93. The van der Waals surface area contributed by atoms with Crippen molar-refractivity contribution >= 4 is 0 Å². The van der Waals surface area contributed by atoms with Gasteiger partial charge >= 0.3 is 6.18 Å². The number of halogens is 4. The van der Waals surface area contributed by atoms with Crippen LogP contribution in [0.4, 0.5) is 17.6 Å². The Balaban J connectivity index is 2.21. The summed E-state index contributed by atoms with van der Waals surface area (Å²) in [6, 6.07) is 5.87. The van der Waals surface area contributed by atoms with Gasteiger partial charge in [0, 0.05) is 12.6 Å². The Morgan fingerprint density at radius 1 is 1.22 bits per heavy atom. The van der Waals surface area contributed by atoms with Gasteiger partial charge in [0.25, 0.3) is 0 Å². The Bertz CT molecular complexity index is 350. The Morgan fingerprint density at radius 2 is 1.83 bits per heavy atom. The van der Waals surface area contributed by atoms with Gasteiger partial charge in [0.1, 0.15) is 12.4 Å². The third-order valence-corrected chi connectivity index (χ3v) is 2.33. The lowest BCUT2D eigenvalue weighted by Gasteiger charge is -2.14. The van der Waals surface area contributed by atoms with Crippen molar-refractivity contribution < 1.29 is 22.3 Å². The number of benzene rings is 1. The van der Waals surface area contributed by atoms with Crippen molar-refractivity contribution in [3.63, 3.8) is 0 Å². The largest absolute Gasteiger partial charge is 0.411 e. The molecule has 0 aromatic heterocycles. The van der Waals surface area contributed by atoms with Crippen LogP contribution < -0.4 is 5.32 Å². The van der Waals surface area contributed by atoms with Gasteiger partial charge in [-0.25, -0.2) is 4.39 Å². The zero-order chi connectivity index (χ0) is 13.6. The maximum Gasteiger partial charge on any atom is 0.411 e. The van der Waals surface area contributed by atoms with Crippen molar-refractivity contribution in [2.75, 3.05) is 19.8 Å². The summed E-state index contributed by atoms with van der Waals surface area (Å²) < 4.78 is 52.4. The van der Waals surface area contributed by atoms with E-state index in [9.17, 15) is 17.6 Å². The Kier molecular flexibility index (Phi) is 5.55. The van der Waals surface area contributed by atoms with E-state index >= 15 is 0 Å². The molecule has 18 heavy (non-hydrogen) atoms. The molecule has 0 aliphatic carbocycles. The van der Waals surface area contributed by atoms with Crippen molar-refractivity contribution in [1.29, 1.82) is 0 Å². The summed E-state index contributed by atoms with van der Waals surface area (Å²) in [6.07, 6.45) is -4.29. The van der Waals surface area contributed by atoms with Gasteiger partial charge in [-0.15, -0.1) is 0 Å². The number of hydrogen-bond donors (Lipinski definition) is 1. The van der Waals surface area contributed by atoms with E-state index in [2.05, 4.69) is 10.1 Å². The Morgan fingerprint density at radius 3 is 2.39 bits per heavy atom. The molecule has 6 heteroatoms. The van der Waals surface area contributed by atoms with Crippen molar-refractivity contribution in [2.45, 2.75) is 19.1 Å². The van der Waals surface area contributed by atoms with Gasteiger partial charge in [0.2, 0.25) is 0 Å². The van der Waals surface area contributed by atoms with Gasteiger partial charge in [-0.1, -0.05) is 12.1 Å². The second-order valence-electron chi connectivity index (χ2n) is 3.90. The molecule has 0 aliphatic rings. The predicted octanol–water partition coefficient (Wildman–Crippen LogP) is 3.06. The van der Waals surface area contributed by atoms with Crippen LogP contribution in [-0.4, -0.2) is 25.9 Å². The zero-order valence-electron chi connectivity index (χ0n) is 9.93. The van der Waals surface area contributed by atoms with E-state index in [1.165, 1.54) is 12.1 Å². The lowest BCUT2D eigenvalue weighted by Crippen LogP contribution is -2.25. The third-order valence-electron chi connectivity index (χ3n) is 2.33. The molecule has 1 atom stereocenters. The fourth-order valence-corrected chi connectivity index (χ4v) is 1.40. The van der Waals surface area contributed by atoms with E-state index in [1.807, 2.05) is 6.92 Å². The highest BCUT2D eigenvalue weighted by atomic mass is 19.4. The third kappa shape index (κ3) is 5.97. The van der Waals surface area contributed by atoms with Crippen molar-refractivity contribution in [2.24, 2.45) is 0 Å². The highest BCUT2D eigenvalue weighted by Gasteiger charge is 2.27. The first kappa shape index (κ1) is 14.9. The summed E-state index contributed by atoms with van der Waals surface area (Å²) in [5.41, 5.74) is 0.868. The van der Waals surface area contributed by atoms with Crippen LogP contribution in [0, 0.1) is 5.82 Å². The molecule has 0 bridgehead atoms. The van der Waals surface area contributed by atoms with Crippen LogP contribution in [0.3, 0.4) is 0 Å². The van der Waals surface area contributed by atoms with Crippen molar-refractivity contribution in [3.8, 4) is 0 Å². The van der Waals surface area contributed by atoms with Crippen LogP contribution in [0.2, 0.25) is 0 Å². The number of ether oxygens (including phenoxy) is 1. The van der Waals surface area contributed by atoms with Crippen molar-refractivity contribution in [3.05, 3.63) is 35.6 Å². The van der Waals surface area contributed by atoms with Gasteiger partial charge in [0.05, 0.1) is 6.61 Å². The first-order chi connectivity index (χ1) is 8.38. The lowest BCUT2D eigenvalue weighted by atomic mass is 10.1. The molecule has 0 saturated carbocycles. The van der Waals surface area contributed by atoms with E-state index in [0.29, 0.717) is 6.54 Å². The monoisotopic (exact) mass is 265 g/mol. The Labute approximate surface area is 103 Å². The molecule has 0 saturated heterocycles. The normalized spacial score (nSPS) is 13.6. The highest BCUT2D eigenvalue weighted by Crippen LogP contribution is 2.14. The molecule has 102 valence electrons. The molecule has 1 aromatic rings. The molecule has 0 spiro atoms. The summed E-state index contributed by atoms with van der Waals surface area (Å²) in [5, 5.41) is 2.99. The fraction of sp³-hybridized carbons (Fsp3) is 0.500. The SMILES string of the molecule is C[C@@H](NCCOCC(F)(F)F)c1ccc(F)cc1. The molecule has 0 unspecified atom stereocenters. The number of hydrogen-bond acceptors (Lipinski definition) is 2. The number of rotatable bonds is 6. The fourth-order valence-electron chi connectivity index (χ4n) is 1.40. The van der Waals surface area contributed by atoms with E-state index in [4.69, 9.17) is 0 Å². The van der Waals surface area contributed by atoms with Gasteiger partial charge in [-0.2, -0.15) is 13.2 Å². The molecule has 2 nitrogen and oxygen atoms in total. The summed E-state index contributed by atoms with van der Waals surface area (Å²) in [7, 11) is 0. The molecular formula is C12H15F4NO. The summed E-state index contributed by atoms with van der Waals surface area (Å²) in [4.78, 5) is 0. The van der Waals surface area contributed by atoms with Crippen LogP contribution in [-0.2, 0) is 4.74 Å². The maximum absolute atomic E-state index is 12.7. The first-order valence-corrected chi connectivity index (χ1v) is 5.52. The van der Waals surface area contributed by atoms with Crippen molar-refractivity contribution in [1.82, 2.24) is 5.32 Å². The van der Waals surface area contributed by atoms with Crippen LogP contribution in [0.5, 0.6) is 0 Å². The van der Waals surface area contributed by atoms with Gasteiger partial charge in [-0.05, 0) is 24.6 Å². The molecule has 0 fully saturated rings. The smallest absolute Gasteiger partial charge is 0.371 e. The maximum atomic E-state index is 12.7. The lowest BCUT2D eigenvalue weighted by molar-refractivity contribution is -0.173. The summed E-state index contributed by atoms with van der Waals surface area (Å²) >= 11 is 0. The second kappa shape index (κ2) is 6.70. The van der Waals surface area contributed by atoms with E-state index < -0.39 is 12.8 Å². The molecule has 0 amide bonds. The molecule has 1 rings (SSSR count). The Hall–Kier alpha value is -1.14. The molecule has 1 aromatic carbocycles. The summed E-state index contributed by atoms with van der Waals surface area (Å²) in [6.45, 7) is 0.885. The predicted molar refractivity (Wildman–Crippen MR) is 59.7 cm³/mol. The molecule has 0 aliphatic heterocycles. The minimum absolute atomic E-state index is 0.0228. The highest BCUT2D eigenvalue weighted by molar-refractivity contribution is 5.19. The molecule has 0 heterocycles. The van der Waals surface area contributed by atoms with Gasteiger partial charge < -0.3 is 10.1 Å². The molecule has 0 radical (unpaired) electrons. The van der Waals surface area contributed by atoms with Gasteiger partial charge in [0.15, 0.2) is 0 Å². The van der Waals surface area contributed by atoms with Crippen LogP contribution >= 0.6 is 0 Å². The van der Waals surface area contributed by atoms with Crippen LogP contribution in [0.25, 0.3) is 0 Å². The average Bonchev–Trinajstić information content (AvgIpc) is 2.27. The quantitative estimate of drug-likeness (QED) is 0.630. The van der Waals surface area contributed by atoms with E-state index in [0.717, 1.165) is 5.56 Å². The summed E-state index contributed by atoms with van der Waals surface area (Å²) in [5.74, 6) is -0.320. The topological polar surface area (TPSA) is 21.3 Å². The van der Waals surface area contributed by atoms with Gasteiger partial charge in [-0.3, -0.25) is 0 Å². The van der Waals surface area contributed by atoms with E-state index in [-0.39, 0.29) is 18.5 Å². The number of nitrogens with one attached hydrogen (secondary N) is 1. The standard InChI is InChI=1S/C12H15F4NO/c1-9(10-2-4-11(13)5-3-10)17-6-7-18-8-12(14,15)16/h2-5,9,17H,6-8H2,1H3/t9-/m1/s1. The second-order valence-corrected chi connectivity index (χ2v) is 3.90. The van der Waals surface area contributed by atoms with Crippen LogP contribution in [0.1, 0.15) is 18.5 Å². The molecular weight excluding hydrogens is 250 g/mol.